The Kier molecular flexibility index (Phi) is 6.89. The lowest BCUT2D eigenvalue weighted by Gasteiger charge is -2.36. The SMILES string of the molecule is CCCC(C)(NC(=O)OCC1c2ccccc2-c2ccccc21)C(=O)N1C(C)SCC1C(=O)O. The molecule has 1 heterocycles. The van der Waals surface area contributed by atoms with Crippen molar-refractivity contribution in [2.75, 3.05) is 12.4 Å². The number of alkyl carbamates (subject to hydrolysis) is 1. The van der Waals surface area contributed by atoms with Crippen molar-refractivity contribution in [3.05, 3.63) is 59.7 Å². The number of carbonyl (C=O) groups excluding carboxylic acids is 2. The summed E-state index contributed by atoms with van der Waals surface area (Å²) in [6.07, 6.45) is 0.326. The van der Waals surface area contributed by atoms with Crippen molar-refractivity contribution in [1.29, 1.82) is 0 Å². The van der Waals surface area contributed by atoms with Gasteiger partial charge in [-0.1, -0.05) is 61.9 Å². The van der Waals surface area contributed by atoms with E-state index in [9.17, 15) is 19.5 Å². The maximum atomic E-state index is 13.5. The van der Waals surface area contributed by atoms with Gasteiger partial charge in [-0.05, 0) is 42.5 Å². The second kappa shape index (κ2) is 9.70. The highest BCUT2D eigenvalue weighted by Gasteiger charge is 2.47. The molecule has 8 heteroatoms. The number of nitrogens with zero attached hydrogens (tertiary/aromatic N) is 1. The summed E-state index contributed by atoms with van der Waals surface area (Å²) in [4.78, 5) is 39.5. The smallest absolute Gasteiger partial charge is 0.408 e. The van der Waals surface area contributed by atoms with Gasteiger partial charge in [-0.3, -0.25) is 4.79 Å². The highest BCUT2D eigenvalue weighted by atomic mass is 32.2. The molecule has 1 aliphatic carbocycles. The van der Waals surface area contributed by atoms with Gasteiger partial charge >= 0.3 is 12.1 Å². The number of hydrogen-bond acceptors (Lipinski definition) is 5. The van der Waals surface area contributed by atoms with Crippen LogP contribution in [0.5, 0.6) is 0 Å². The van der Waals surface area contributed by atoms with Gasteiger partial charge < -0.3 is 20.1 Å². The number of carbonyl (C=O) groups is 3. The fourth-order valence-electron chi connectivity index (χ4n) is 5.01. The highest BCUT2D eigenvalue weighted by Crippen LogP contribution is 2.44. The Hall–Kier alpha value is -3.00. The van der Waals surface area contributed by atoms with Crippen LogP contribution < -0.4 is 5.32 Å². The molecule has 0 saturated carbocycles. The highest BCUT2D eigenvalue weighted by molar-refractivity contribution is 8.00. The summed E-state index contributed by atoms with van der Waals surface area (Å²) in [6, 6.07) is 15.3. The summed E-state index contributed by atoms with van der Waals surface area (Å²) in [5.74, 6) is -1.19. The Balaban J connectivity index is 1.49. The Bertz CT molecular complexity index is 1060. The zero-order valence-electron chi connectivity index (χ0n) is 19.6. The summed E-state index contributed by atoms with van der Waals surface area (Å²) < 4.78 is 5.65. The fourth-order valence-corrected chi connectivity index (χ4v) is 6.18. The molecule has 2 N–H and O–H groups in total. The van der Waals surface area contributed by atoms with Crippen molar-refractivity contribution >= 4 is 29.7 Å². The largest absolute Gasteiger partial charge is 0.480 e. The summed E-state index contributed by atoms with van der Waals surface area (Å²) >= 11 is 1.42. The van der Waals surface area contributed by atoms with Crippen molar-refractivity contribution in [2.45, 2.75) is 56.5 Å². The molecule has 0 aromatic heterocycles. The number of benzene rings is 2. The molecule has 3 atom stereocenters. The fraction of sp³-hybridized carbons (Fsp3) is 0.423. The van der Waals surface area contributed by atoms with E-state index in [-0.39, 0.29) is 17.9 Å². The average molecular weight is 483 g/mol. The summed E-state index contributed by atoms with van der Waals surface area (Å²) in [6.45, 7) is 5.52. The van der Waals surface area contributed by atoms with Crippen LogP contribution in [0.25, 0.3) is 11.1 Å². The molecule has 0 bridgehead atoms. The van der Waals surface area contributed by atoms with Crippen LogP contribution in [0.2, 0.25) is 0 Å². The number of carboxylic acids is 1. The maximum Gasteiger partial charge on any atom is 0.408 e. The minimum atomic E-state index is -1.26. The molecule has 0 radical (unpaired) electrons. The molecule has 2 amide bonds. The molecule has 4 rings (SSSR count). The summed E-state index contributed by atoms with van der Waals surface area (Å²) in [7, 11) is 0. The molecule has 1 saturated heterocycles. The van der Waals surface area contributed by atoms with Gasteiger partial charge in [0.05, 0.1) is 5.37 Å². The minimum absolute atomic E-state index is 0.0855. The van der Waals surface area contributed by atoms with E-state index in [0.717, 1.165) is 22.3 Å². The van der Waals surface area contributed by atoms with E-state index in [1.807, 2.05) is 50.2 Å². The van der Waals surface area contributed by atoms with E-state index in [0.29, 0.717) is 18.6 Å². The lowest BCUT2D eigenvalue weighted by Crippen LogP contribution is -2.61. The molecule has 180 valence electrons. The standard InChI is InChI=1S/C26H30N2O5S/c1-4-13-26(3,24(31)28-16(2)34-15-22(28)23(29)30)27-25(32)33-14-21-19-11-7-5-9-17(19)18-10-6-8-12-20(18)21/h5-12,16,21-22H,4,13-15H2,1-3H3,(H,27,32)(H,29,30). The number of aliphatic carboxylic acids is 1. The van der Waals surface area contributed by atoms with Crippen molar-refractivity contribution in [3.63, 3.8) is 0 Å². The predicted molar refractivity (Wildman–Crippen MR) is 132 cm³/mol. The van der Waals surface area contributed by atoms with Crippen molar-refractivity contribution in [1.82, 2.24) is 10.2 Å². The number of thioether (sulfide) groups is 1. The number of hydrogen-bond donors (Lipinski definition) is 2. The quantitative estimate of drug-likeness (QED) is 0.605. The van der Waals surface area contributed by atoms with E-state index in [2.05, 4.69) is 17.4 Å². The topological polar surface area (TPSA) is 95.9 Å². The van der Waals surface area contributed by atoms with Gasteiger partial charge in [0.25, 0.3) is 0 Å². The number of fused-ring (bicyclic) bond motifs is 3. The van der Waals surface area contributed by atoms with Gasteiger partial charge in [-0.15, -0.1) is 11.8 Å². The van der Waals surface area contributed by atoms with Gasteiger partial charge in [0.1, 0.15) is 18.2 Å². The number of rotatable bonds is 7. The molecule has 1 fully saturated rings. The van der Waals surface area contributed by atoms with Gasteiger partial charge in [0, 0.05) is 11.7 Å². The Labute approximate surface area is 203 Å². The average Bonchev–Trinajstić information content (AvgIpc) is 3.35. The minimum Gasteiger partial charge on any atom is -0.480 e. The first-order valence-corrected chi connectivity index (χ1v) is 12.6. The van der Waals surface area contributed by atoms with Crippen LogP contribution in [0, 0.1) is 0 Å². The van der Waals surface area contributed by atoms with Crippen molar-refractivity contribution in [3.8, 4) is 11.1 Å². The van der Waals surface area contributed by atoms with Crippen LogP contribution in [0.1, 0.15) is 50.7 Å². The third-order valence-electron chi connectivity index (χ3n) is 6.69. The van der Waals surface area contributed by atoms with Crippen LogP contribution in [0.4, 0.5) is 4.79 Å². The molecule has 2 aliphatic rings. The molecule has 0 spiro atoms. The maximum absolute atomic E-state index is 13.5. The number of carboxylic acid groups (broad SMARTS) is 1. The molecule has 2 aromatic carbocycles. The monoisotopic (exact) mass is 482 g/mol. The molecule has 34 heavy (non-hydrogen) atoms. The molecule has 7 nitrogen and oxygen atoms in total. The molecular weight excluding hydrogens is 452 g/mol. The first-order chi connectivity index (χ1) is 16.3. The molecule has 2 aromatic rings. The second-order valence-electron chi connectivity index (χ2n) is 9.03. The predicted octanol–water partition coefficient (Wildman–Crippen LogP) is 4.46. The van der Waals surface area contributed by atoms with Crippen LogP contribution in [0.15, 0.2) is 48.5 Å². The molecular formula is C26H30N2O5S. The zero-order chi connectivity index (χ0) is 24.5. The third-order valence-corrected chi connectivity index (χ3v) is 7.90. The van der Waals surface area contributed by atoms with Gasteiger partial charge in [0.2, 0.25) is 5.91 Å². The van der Waals surface area contributed by atoms with Crippen LogP contribution >= 0.6 is 11.8 Å². The Morgan fingerprint density at radius 2 is 1.71 bits per heavy atom. The van der Waals surface area contributed by atoms with E-state index in [1.54, 1.807) is 6.92 Å². The summed E-state index contributed by atoms with van der Waals surface area (Å²) in [5, 5.41) is 12.1. The Morgan fingerprint density at radius 3 is 2.26 bits per heavy atom. The van der Waals surface area contributed by atoms with Crippen molar-refractivity contribution in [2.24, 2.45) is 0 Å². The van der Waals surface area contributed by atoms with E-state index < -0.39 is 29.6 Å². The van der Waals surface area contributed by atoms with Crippen LogP contribution in [-0.4, -0.2) is 57.3 Å². The summed E-state index contributed by atoms with van der Waals surface area (Å²) in [5.41, 5.74) is 3.23. The molecule has 1 aliphatic heterocycles. The lowest BCUT2D eigenvalue weighted by atomic mass is 9.93. The number of ether oxygens (including phenoxy) is 1. The third kappa shape index (κ3) is 4.39. The van der Waals surface area contributed by atoms with Gasteiger partial charge in [-0.25, -0.2) is 9.59 Å². The Morgan fingerprint density at radius 1 is 1.12 bits per heavy atom. The zero-order valence-corrected chi connectivity index (χ0v) is 20.4. The van der Waals surface area contributed by atoms with Gasteiger partial charge in [0.15, 0.2) is 0 Å². The first-order valence-electron chi connectivity index (χ1n) is 11.6. The van der Waals surface area contributed by atoms with E-state index in [4.69, 9.17) is 4.74 Å². The molecule has 3 unspecified atom stereocenters. The first kappa shape index (κ1) is 24.1. The number of amides is 2. The van der Waals surface area contributed by atoms with Crippen molar-refractivity contribution < 1.29 is 24.2 Å². The lowest BCUT2D eigenvalue weighted by molar-refractivity contribution is -0.151. The van der Waals surface area contributed by atoms with E-state index in [1.165, 1.54) is 16.7 Å². The normalized spacial score (nSPS) is 20.9. The van der Waals surface area contributed by atoms with Gasteiger partial charge in [-0.2, -0.15) is 0 Å². The second-order valence-corrected chi connectivity index (χ2v) is 10.4. The van der Waals surface area contributed by atoms with E-state index >= 15 is 0 Å². The number of nitrogens with one attached hydrogen (secondary N) is 1. The van der Waals surface area contributed by atoms with Crippen LogP contribution in [-0.2, 0) is 14.3 Å². The van der Waals surface area contributed by atoms with Crippen LogP contribution in [0.3, 0.4) is 0 Å².